The Morgan fingerprint density at radius 3 is 2.56 bits per heavy atom. The van der Waals surface area contributed by atoms with E-state index in [1.807, 2.05) is 32.7 Å². The second-order valence-electron chi connectivity index (χ2n) is 4.06. The number of fused-ring (bicyclic) bond motifs is 1. The molecule has 0 saturated heterocycles. The van der Waals surface area contributed by atoms with Crippen LogP contribution in [0.15, 0.2) is 12.1 Å². The number of rotatable bonds is 1. The Balaban J connectivity index is 0.000000771. The molecule has 1 atom stereocenters. The Morgan fingerprint density at radius 2 is 2.00 bits per heavy atom. The van der Waals surface area contributed by atoms with Gasteiger partial charge in [0.25, 0.3) is 6.43 Å². The Labute approximate surface area is 107 Å². The maximum Gasteiger partial charge on any atom is 0.265 e. The van der Waals surface area contributed by atoms with Gasteiger partial charge >= 0.3 is 0 Å². The predicted octanol–water partition coefficient (Wildman–Crippen LogP) is 3.45. The number of nitrogens with zero attached hydrogens (tertiary/aromatic N) is 1. The van der Waals surface area contributed by atoms with Gasteiger partial charge in [-0.15, -0.1) is 0 Å². The van der Waals surface area contributed by atoms with E-state index >= 15 is 0 Å². The molecule has 1 aliphatic heterocycles. The van der Waals surface area contributed by atoms with Crippen LogP contribution >= 0.6 is 0 Å². The fourth-order valence-electron chi connectivity index (χ4n) is 1.92. The summed E-state index contributed by atoms with van der Waals surface area (Å²) in [5, 5.41) is 0. The van der Waals surface area contributed by atoms with Crippen molar-refractivity contribution >= 4 is 11.4 Å². The first-order chi connectivity index (χ1) is 8.49. The summed E-state index contributed by atoms with van der Waals surface area (Å²) in [6.45, 7) is 6.61. The third-order valence-corrected chi connectivity index (χ3v) is 2.67. The van der Waals surface area contributed by atoms with Gasteiger partial charge in [-0.25, -0.2) is 8.78 Å². The molecule has 102 valence electrons. The lowest BCUT2D eigenvalue weighted by Gasteiger charge is -2.32. The number of benzene rings is 1. The molecule has 0 fully saturated rings. The van der Waals surface area contributed by atoms with Crippen LogP contribution in [0, 0.1) is 0 Å². The summed E-state index contributed by atoms with van der Waals surface area (Å²) in [6.07, 6.45) is -2.52. The van der Waals surface area contributed by atoms with Crippen LogP contribution in [-0.4, -0.2) is 19.7 Å². The Hall–Kier alpha value is -1.52. The molecule has 2 rings (SSSR count). The van der Waals surface area contributed by atoms with Gasteiger partial charge in [0.1, 0.15) is 11.9 Å². The molecule has 2 N–H and O–H groups in total. The first-order valence-corrected chi connectivity index (χ1v) is 6.08. The molecule has 1 aliphatic rings. The molecule has 1 aromatic rings. The number of likely N-dealkylation sites (N-methyl/N-ethyl adjacent to an activating group) is 1. The van der Waals surface area contributed by atoms with Crippen molar-refractivity contribution in [1.29, 1.82) is 0 Å². The van der Waals surface area contributed by atoms with Gasteiger partial charge in [-0.2, -0.15) is 0 Å². The normalized spacial score (nSPS) is 17.7. The maximum atomic E-state index is 12.7. The highest BCUT2D eigenvalue weighted by atomic mass is 19.3. The number of hydrogen-bond acceptors (Lipinski definition) is 3. The van der Waals surface area contributed by atoms with Crippen molar-refractivity contribution < 1.29 is 13.5 Å². The summed E-state index contributed by atoms with van der Waals surface area (Å²) in [7, 11) is 1.85. The number of nitrogen functional groups attached to an aromatic ring is 1. The summed E-state index contributed by atoms with van der Waals surface area (Å²) in [5.41, 5.74) is 6.17. The molecule has 1 unspecified atom stereocenters. The smallest absolute Gasteiger partial charge is 0.265 e. The number of halogens is 2. The molecule has 0 amide bonds. The third-order valence-electron chi connectivity index (χ3n) is 2.67. The zero-order valence-electron chi connectivity index (χ0n) is 11.2. The first kappa shape index (κ1) is 14.5. The minimum absolute atomic E-state index is 0.0364. The van der Waals surface area contributed by atoms with Gasteiger partial charge in [-0.3, -0.25) is 0 Å². The number of ether oxygens (including phenoxy) is 1. The van der Waals surface area contributed by atoms with Gasteiger partial charge in [-0.1, -0.05) is 13.8 Å². The van der Waals surface area contributed by atoms with E-state index in [-0.39, 0.29) is 17.4 Å². The van der Waals surface area contributed by atoms with Crippen molar-refractivity contribution in [2.45, 2.75) is 33.3 Å². The van der Waals surface area contributed by atoms with Crippen molar-refractivity contribution in [1.82, 2.24) is 0 Å². The lowest BCUT2D eigenvalue weighted by molar-refractivity contribution is 0.152. The second-order valence-corrected chi connectivity index (χ2v) is 4.06. The molecule has 18 heavy (non-hydrogen) atoms. The van der Waals surface area contributed by atoms with Crippen LogP contribution in [0.3, 0.4) is 0 Å². The van der Waals surface area contributed by atoms with E-state index in [2.05, 4.69) is 0 Å². The number of alkyl halides is 2. The molecule has 3 nitrogen and oxygen atoms in total. The van der Waals surface area contributed by atoms with Crippen molar-refractivity contribution in [3.63, 3.8) is 0 Å². The van der Waals surface area contributed by atoms with E-state index < -0.39 is 6.43 Å². The Bertz CT molecular complexity index is 410. The second kappa shape index (κ2) is 5.89. The first-order valence-electron chi connectivity index (χ1n) is 6.08. The van der Waals surface area contributed by atoms with Crippen LogP contribution < -0.4 is 15.4 Å². The lowest BCUT2D eigenvalue weighted by Crippen LogP contribution is -2.35. The molecule has 0 aliphatic carbocycles. The largest absolute Gasteiger partial charge is 0.487 e. The van der Waals surface area contributed by atoms with Crippen molar-refractivity contribution in [3.05, 3.63) is 17.7 Å². The molecule has 5 heteroatoms. The molecule has 1 aromatic carbocycles. The van der Waals surface area contributed by atoms with Crippen molar-refractivity contribution in [3.8, 4) is 5.75 Å². The highest BCUT2D eigenvalue weighted by Crippen LogP contribution is 2.39. The molecule has 0 radical (unpaired) electrons. The van der Waals surface area contributed by atoms with Crippen LogP contribution in [0.2, 0.25) is 0 Å². The zero-order valence-corrected chi connectivity index (χ0v) is 11.2. The van der Waals surface area contributed by atoms with E-state index in [9.17, 15) is 8.78 Å². The standard InChI is InChI=1S/C11H14F2N2O.C2H6/c1-6-5-15(2)9-3-7(11(12)13)8(14)4-10(9)16-6;1-2/h3-4,6,11H,5,14H2,1-2H3;1-2H3. The van der Waals surface area contributed by atoms with Gasteiger partial charge in [0.2, 0.25) is 0 Å². The molecular weight excluding hydrogens is 238 g/mol. The van der Waals surface area contributed by atoms with Crippen LogP contribution in [0.5, 0.6) is 5.75 Å². The quantitative estimate of drug-likeness (QED) is 0.784. The number of nitrogens with two attached hydrogens (primary N) is 1. The minimum Gasteiger partial charge on any atom is -0.487 e. The lowest BCUT2D eigenvalue weighted by atomic mass is 10.1. The summed E-state index contributed by atoms with van der Waals surface area (Å²) in [4.78, 5) is 1.90. The average Bonchev–Trinajstić information content (AvgIpc) is 2.30. The van der Waals surface area contributed by atoms with Crippen LogP contribution in [0.4, 0.5) is 20.2 Å². The molecular formula is C13H20F2N2O. The summed E-state index contributed by atoms with van der Waals surface area (Å²) in [6, 6.07) is 2.88. The molecule has 0 aromatic heterocycles. The minimum atomic E-state index is -2.56. The summed E-state index contributed by atoms with van der Waals surface area (Å²) < 4.78 is 30.9. The Morgan fingerprint density at radius 1 is 1.39 bits per heavy atom. The van der Waals surface area contributed by atoms with E-state index in [1.165, 1.54) is 12.1 Å². The van der Waals surface area contributed by atoms with Crippen LogP contribution in [-0.2, 0) is 0 Å². The SMILES string of the molecule is CC.CC1CN(C)c2cc(C(F)F)c(N)cc2O1. The van der Waals surface area contributed by atoms with Gasteiger partial charge < -0.3 is 15.4 Å². The highest BCUT2D eigenvalue weighted by molar-refractivity contribution is 5.68. The molecule has 1 heterocycles. The third kappa shape index (κ3) is 2.83. The van der Waals surface area contributed by atoms with Crippen LogP contribution in [0.1, 0.15) is 32.8 Å². The van der Waals surface area contributed by atoms with Gasteiger partial charge in [0.05, 0.1) is 12.2 Å². The summed E-state index contributed by atoms with van der Waals surface area (Å²) in [5.74, 6) is 0.572. The van der Waals surface area contributed by atoms with E-state index in [0.29, 0.717) is 18.0 Å². The highest BCUT2D eigenvalue weighted by Gasteiger charge is 2.23. The number of anilines is 2. The molecule has 0 spiro atoms. The average molecular weight is 258 g/mol. The Kier molecular flexibility index (Phi) is 4.76. The molecule has 0 bridgehead atoms. The van der Waals surface area contributed by atoms with Gasteiger partial charge in [0, 0.05) is 24.4 Å². The van der Waals surface area contributed by atoms with E-state index in [1.54, 1.807) is 0 Å². The van der Waals surface area contributed by atoms with Crippen molar-refractivity contribution in [2.75, 3.05) is 24.2 Å². The van der Waals surface area contributed by atoms with E-state index in [0.717, 1.165) is 0 Å². The topological polar surface area (TPSA) is 38.5 Å². The molecule has 0 saturated carbocycles. The number of hydrogen-bond donors (Lipinski definition) is 1. The van der Waals surface area contributed by atoms with Crippen LogP contribution in [0.25, 0.3) is 0 Å². The van der Waals surface area contributed by atoms with E-state index in [4.69, 9.17) is 10.5 Å². The fourth-order valence-corrected chi connectivity index (χ4v) is 1.92. The van der Waals surface area contributed by atoms with Crippen molar-refractivity contribution in [2.24, 2.45) is 0 Å². The maximum absolute atomic E-state index is 12.7. The van der Waals surface area contributed by atoms with Gasteiger partial charge in [-0.05, 0) is 13.0 Å². The summed E-state index contributed by atoms with van der Waals surface area (Å²) >= 11 is 0. The monoisotopic (exact) mass is 258 g/mol. The van der Waals surface area contributed by atoms with Gasteiger partial charge in [0.15, 0.2) is 0 Å². The predicted molar refractivity (Wildman–Crippen MR) is 70.5 cm³/mol. The fraction of sp³-hybridized carbons (Fsp3) is 0.538. The zero-order chi connectivity index (χ0) is 13.9.